The van der Waals surface area contributed by atoms with Gasteiger partial charge in [0.25, 0.3) is 5.91 Å². The molecule has 18 heavy (non-hydrogen) atoms. The van der Waals surface area contributed by atoms with E-state index in [1.54, 1.807) is 24.3 Å². The molecule has 0 spiro atoms. The molecule has 0 atom stereocenters. The number of aryl methyl sites for hydroxylation is 2. The minimum Gasteiger partial charge on any atom is -0.506 e. The van der Waals surface area contributed by atoms with Crippen molar-refractivity contribution < 1.29 is 9.90 Å². The molecule has 1 aromatic carbocycles. The number of phenolic OH excluding ortho intramolecular Hbond substituents is 1. The van der Waals surface area contributed by atoms with E-state index in [0.717, 1.165) is 11.3 Å². The number of aromatic nitrogens is 1. The van der Waals surface area contributed by atoms with Gasteiger partial charge >= 0.3 is 0 Å². The predicted octanol–water partition coefficient (Wildman–Crippen LogP) is 2.66. The number of phenols is 1. The van der Waals surface area contributed by atoms with Crippen molar-refractivity contribution in [3.63, 3.8) is 0 Å². The molecule has 2 N–H and O–H groups in total. The van der Waals surface area contributed by atoms with Gasteiger partial charge in [0, 0.05) is 11.9 Å². The van der Waals surface area contributed by atoms with Crippen LogP contribution in [-0.4, -0.2) is 16.0 Å². The summed E-state index contributed by atoms with van der Waals surface area (Å²) in [6, 6.07) is 8.56. The lowest BCUT2D eigenvalue weighted by atomic mass is 10.2. The molecule has 4 nitrogen and oxygen atoms in total. The van der Waals surface area contributed by atoms with Gasteiger partial charge in [-0.15, -0.1) is 0 Å². The zero-order chi connectivity index (χ0) is 13.1. The minimum absolute atomic E-state index is 0.0587. The van der Waals surface area contributed by atoms with Gasteiger partial charge in [-0.1, -0.05) is 6.07 Å². The Balaban J connectivity index is 2.18. The van der Waals surface area contributed by atoms with Gasteiger partial charge in [-0.2, -0.15) is 0 Å². The molecule has 0 aliphatic rings. The number of hydrogen-bond acceptors (Lipinski definition) is 3. The van der Waals surface area contributed by atoms with Gasteiger partial charge in [0.15, 0.2) is 0 Å². The molecule has 0 radical (unpaired) electrons. The molecule has 92 valence electrons. The van der Waals surface area contributed by atoms with E-state index < -0.39 is 0 Å². The van der Waals surface area contributed by atoms with Crippen LogP contribution in [0.1, 0.15) is 21.6 Å². The van der Waals surface area contributed by atoms with Gasteiger partial charge in [0.1, 0.15) is 5.75 Å². The Kier molecular flexibility index (Phi) is 3.28. The second-order valence-corrected chi connectivity index (χ2v) is 4.16. The van der Waals surface area contributed by atoms with E-state index in [4.69, 9.17) is 0 Å². The molecule has 2 aromatic rings. The molecule has 1 aromatic heterocycles. The maximum absolute atomic E-state index is 11.9. The molecule has 0 aliphatic heterocycles. The zero-order valence-corrected chi connectivity index (χ0v) is 10.3. The molecular weight excluding hydrogens is 228 g/mol. The Morgan fingerprint density at radius 3 is 2.61 bits per heavy atom. The third kappa shape index (κ3) is 2.66. The van der Waals surface area contributed by atoms with Crippen molar-refractivity contribution in [2.24, 2.45) is 0 Å². The highest BCUT2D eigenvalue weighted by atomic mass is 16.3. The van der Waals surface area contributed by atoms with E-state index in [0.29, 0.717) is 11.3 Å². The number of pyridine rings is 1. The number of benzene rings is 1. The fourth-order valence-corrected chi connectivity index (χ4v) is 1.54. The van der Waals surface area contributed by atoms with Crippen LogP contribution >= 0.6 is 0 Å². The monoisotopic (exact) mass is 242 g/mol. The lowest BCUT2D eigenvalue weighted by molar-refractivity contribution is 0.102. The normalized spacial score (nSPS) is 10.1. The number of aromatic hydroxyl groups is 1. The van der Waals surface area contributed by atoms with Gasteiger partial charge in [0.2, 0.25) is 0 Å². The molecule has 2 rings (SSSR count). The van der Waals surface area contributed by atoms with E-state index in [1.807, 2.05) is 19.9 Å². The largest absolute Gasteiger partial charge is 0.506 e. The van der Waals surface area contributed by atoms with Gasteiger partial charge < -0.3 is 10.4 Å². The summed E-state index contributed by atoms with van der Waals surface area (Å²) in [5.41, 5.74) is 2.64. The van der Waals surface area contributed by atoms with E-state index >= 15 is 0 Å². The zero-order valence-electron chi connectivity index (χ0n) is 10.3. The fourth-order valence-electron chi connectivity index (χ4n) is 1.54. The average Bonchev–Trinajstić information content (AvgIpc) is 2.33. The highest BCUT2D eigenvalue weighted by molar-refractivity contribution is 6.04. The maximum atomic E-state index is 11.9. The van der Waals surface area contributed by atoms with Crippen molar-refractivity contribution in [2.45, 2.75) is 13.8 Å². The molecule has 0 unspecified atom stereocenters. The Morgan fingerprint density at radius 2 is 2.00 bits per heavy atom. The quantitative estimate of drug-likeness (QED) is 0.796. The van der Waals surface area contributed by atoms with E-state index in [9.17, 15) is 9.90 Å². The third-order valence-corrected chi connectivity index (χ3v) is 2.57. The Morgan fingerprint density at radius 1 is 1.22 bits per heavy atom. The predicted molar refractivity (Wildman–Crippen MR) is 69.8 cm³/mol. The summed E-state index contributed by atoms with van der Waals surface area (Å²) < 4.78 is 0. The van der Waals surface area contributed by atoms with Crippen LogP contribution < -0.4 is 5.32 Å². The number of nitrogens with zero attached hydrogens (tertiary/aromatic N) is 1. The number of nitrogens with one attached hydrogen (secondary N) is 1. The van der Waals surface area contributed by atoms with Crippen LogP contribution in [-0.2, 0) is 0 Å². The van der Waals surface area contributed by atoms with Gasteiger partial charge in [-0.25, -0.2) is 0 Å². The van der Waals surface area contributed by atoms with Crippen molar-refractivity contribution in [1.82, 2.24) is 4.98 Å². The molecular formula is C14H14N2O2. The van der Waals surface area contributed by atoms with Crippen molar-refractivity contribution in [3.05, 3.63) is 53.3 Å². The highest BCUT2D eigenvalue weighted by Gasteiger charge is 2.09. The second kappa shape index (κ2) is 4.87. The lowest BCUT2D eigenvalue weighted by Crippen LogP contribution is -2.12. The van der Waals surface area contributed by atoms with E-state index in [2.05, 4.69) is 10.3 Å². The SMILES string of the molecule is Cc1ccc(NC(=O)c2ccc(C)nc2)c(O)c1. The maximum Gasteiger partial charge on any atom is 0.257 e. The molecule has 1 heterocycles. The minimum atomic E-state index is -0.290. The van der Waals surface area contributed by atoms with Crippen LogP contribution in [0.15, 0.2) is 36.5 Å². The molecule has 0 saturated heterocycles. The van der Waals surface area contributed by atoms with Gasteiger partial charge in [-0.05, 0) is 43.7 Å². The van der Waals surface area contributed by atoms with Crippen LogP contribution in [0.4, 0.5) is 5.69 Å². The molecule has 0 saturated carbocycles. The van der Waals surface area contributed by atoms with Crippen LogP contribution in [0.3, 0.4) is 0 Å². The number of carbonyl (C=O) groups excluding carboxylic acids is 1. The molecule has 0 aliphatic carbocycles. The number of hydrogen-bond donors (Lipinski definition) is 2. The number of amides is 1. The molecule has 0 fully saturated rings. The smallest absolute Gasteiger partial charge is 0.257 e. The standard InChI is InChI=1S/C14H14N2O2/c1-9-3-6-12(13(17)7-9)16-14(18)11-5-4-10(2)15-8-11/h3-8,17H,1-2H3,(H,16,18). The number of anilines is 1. The topological polar surface area (TPSA) is 62.2 Å². The van der Waals surface area contributed by atoms with Crippen LogP contribution in [0.25, 0.3) is 0 Å². The van der Waals surface area contributed by atoms with E-state index in [-0.39, 0.29) is 11.7 Å². The Bertz CT molecular complexity index is 577. The van der Waals surface area contributed by atoms with Crippen LogP contribution in [0.5, 0.6) is 5.75 Å². The summed E-state index contributed by atoms with van der Waals surface area (Å²) in [6.07, 6.45) is 1.51. The van der Waals surface area contributed by atoms with Crippen molar-refractivity contribution >= 4 is 11.6 Å². The summed E-state index contributed by atoms with van der Waals surface area (Å²) in [7, 11) is 0. The lowest BCUT2D eigenvalue weighted by Gasteiger charge is -2.07. The number of rotatable bonds is 2. The fraction of sp³-hybridized carbons (Fsp3) is 0.143. The molecule has 0 bridgehead atoms. The second-order valence-electron chi connectivity index (χ2n) is 4.16. The summed E-state index contributed by atoms with van der Waals surface area (Å²) in [6.45, 7) is 3.72. The van der Waals surface area contributed by atoms with Crippen LogP contribution in [0, 0.1) is 13.8 Å². The Hall–Kier alpha value is -2.36. The first-order valence-corrected chi connectivity index (χ1v) is 5.60. The summed E-state index contributed by atoms with van der Waals surface area (Å²) in [5, 5.41) is 12.3. The van der Waals surface area contributed by atoms with Crippen molar-refractivity contribution in [2.75, 3.05) is 5.32 Å². The Labute approximate surface area is 105 Å². The molecule has 1 amide bonds. The molecule has 4 heteroatoms. The average molecular weight is 242 g/mol. The summed E-state index contributed by atoms with van der Waals surface area (Å²) in [5.74, 6) is -0.231. The van der Waals surface area contributed by atoms with Crippen LogP contribution in [0.2, 0.25) is 0 Å². The van der Waals surface area contributed by atoms with Crippen molar-refractivity contribution in [3.8, 4) is 5.75 Å². The first kappa shape index (κ1) is 12.1. The van der Waals surface area contributed by atoms with Gasteiger partial charge in [0.05, 0.1) is 11.3 Å². The highest BCUT2D eigenvalue weighted by Crippen LogP contribution is 2.24. The first-order valence-electron chi connectivity index (χ1n) is 5.60. The van der Waals surface area contributed by atoms with Crippen molar-refractivity contribution in [1.29, 1.82) is 0 Å². The number of carbonyl (C=O) groups is 1. The summed E-state index contributed by atoms with van der Waals surface area (Å²) in [4.78, 5) is 16.0. The first-order chi connectivity index (χ1) is 8.56. The third-order valence-electron chi connectivity index (χ3n) is 2.57. The summed E-state index contributed by atoms with van der Waals surface area (Å²) >= 11 is 0. The van der Waals surface area contributed by atoms with E-state index in [1.165, 1.54) is 6.20 Å². The van der Waals surface area contributed by atoms with Gasteiger partial charge in [-0.3, -0.25) is 9.78 Å².